The lowest BCUT2D eigenvalue weighted by Gasteiger charge is -2.36. The fourth-order valence-electron chi connectivity index (χ4n) is 3.53. The number of nitrogen functional groups attached to an aromatic ring is 1. The smallest absolute Gasteiger partial charge is 0.413 e. The molecule has 1 aliphatic carbocycles. The van der Waals surface area contributed by atoms with Gasteiger partial charge in [0.05, 0.1) is 5.54 Å². The van der Waals surface area contributed by atoms with E-state index in [1.807, 2.05) is 39.0 Å². The number of amides is 1. The highest BCUT2D eigenvalue weighted by Crippen LogP contribution is 2.51. The summed E-state index contributed by atoms with van der Waals surface area (Å²) < 4.78 is 5.35. The SMILES string of the molecule is CC(C)(C)OC(=O)NC1=N[C@@]2(c3cccc(N)c3)CCCC2CS1. The molecule has 6 heteroatoms. The maximum atomic E-state index is 12.1. The molecule has 0 bridgehead atoms. The quantitative estimate of drug-likeness (QED) is 0.756. The van der Waals surface area contributed by atoms with Crippen LogP contribution in [-0.4, -0.2) is 22.6 Å². The highest BCUT2D eigenvalue weighted by molar-refractivity contribution is 8.13. The second-order valence-corrected chi connectivity index (χ2v) is 8.50. The number of rotatable bonds is 1. The topological polar surface area (TPSA) is 76.7 Å². The number of nitrogens with two attached hydrogens (primary N) is 1. The standard InChI is InChI=1S/C18H25N3O2S/c1-17(2,3)23-16(22)20-15-21-18(9-5-7-13(18)11-24-15)12-6-4-8-14(19)10-12/h4,6,8,10,13H,5,7,9,11,19H2,1-3H3,(H,20,21,22)/t13?,18-/m1/s1. The van der Waals surface area contributed by atoms with Crippen LogP contribution >= 0.6 is 11.8 Å². The van der Waals surface area contributed by atoms with Crippen molar-refractivity contribution < 1.29 is 9.53 Å². The van der Waals surface area contributed by atoms with E-state index < -0.39 is 11.7 Å². The van der Waals surface area contributed by atoms with E-state index >= 15 is 0 Å². The highest BCUT2D eigenvalue weighted by Gasteiger charge is 2.47. The first-order valence-electron chi connectivity index (χ1n) is 8.37. The molecule has 0 spiro atoms. The highest BCUT2D eigenvalue weighted by atomic mass is 32.2. The Labute approximate surface area is 147 Å². The Balaban J connectivity index is 1.87. The summed E-state index contributed by atoms with van der Waals surface area (Å²) in [5.74, 6) is 1.43. The Bertz CT molecular complexity index is 668. The number of hydrogen-bond donors (Lipinski definition) is 2. The normalized spacial score (nSPS) is 26.5. The van der Waals surface area contributed by atoms with Crippen LogP contribution in [0.4, 0.5) is 10.5 Å². The summed E-state index contributed by atoms with van der Waals surface area (Å²) in [6, 6.07) is 7.99. The van der Waals surface area contributed by atoms with Gasteiger partial charge in [-0.05, 0) is 57.2 Å². The lowest BCUT2D eigenvalue weighted by atomic mass is 9.81. The summed E-state index contributed by atoms with van der Waals surface area (Å²) in [7, 11) is 0. The van der Waals surface area contributed by atoms with Crippen LogP contribution in [-0.2, 0) is 10.3 Å². The largest absolute Gasteiger partial charge is 0.444 e. The molecule has 1 aromatic carbocycles. The zero-order chi connectivity index (χ0) is 17.4. The molecule has 3 N–H and O–H groups in total. The summed E-state index contributed by atoms with van der Waals surface area (Å²) >= 11 is 1.60. The lowest BCUT2D eigenvalue weighted by Crippen LogP contribution is -2.41. The number of carbonyl (C=O) groups excluding carboxylic acids is 1. The summed E-state index contributed by atoms with van der Waals surface area (Å²) in [5.41, 5.74) is 7.09. The van der Waals surface area contributed by atoms with Crippen molar-refractivity contribution in [2.45, 2.75) is 51.2 Å². The number of nitrogens with one attached hydrogen (secondary N) is 1. The summed E-state index contributed by atoms with van der Waals surface area (Å²) in [4.78, 5) is 17.0. The molecule has 2 atom stereocenters. The maximum absolute atomic E-state index is 12.1. The molecule has 0 aromatic heterocycles. The van der Waals surface area contributed by atoms with E-state index in [2.05, 4.69) is 11.4 Å². The van der Waals surface area contributed by atoms with E-state index in [9.17, 15) is 4.79 Å². The van der Waals surface area contributed by atoms with Gasteiger partial charge in [0, 0.05) is 11.4 Å². The number of benzene rings is 1. The minimum absolute atomic E-state index is 0.273. The van der Waals surface area contributed by atoms with Gasteiger partial charge in [0.1, 0.15) is 5.60 Å². The second-order valence-electron chi connectivity index (χ2n) is 7.49. The van der Waals surface area contributed by atoms with Crippen molar-refractivity contribution in [1.82, 2.24) is 5.32 Å². The van der Waals surface area contributed by atoms with Crippen LogP contribution < -0.4 is 11.1 Å². The van der Waals surface area contributed by atoms with Gasteiger partial charge in [0.25, 0.3) is 0 Å². The number of nitrogens with zero attached hydrogens (tertiary/aromatic N) is 1. The van der Waals surface area contributed by atoms with Crippen molar-refractivity contribution >= 4 is 28.7 Å². The van der Waals surface area contributed by atoms with Gasteiger partial charge in [-0.15, -0.1) is 0 Å². The third kappa shape index (κ3) is 3.53. The van der Waals surface area contributed by atoms with Crippen molar-refractivity contribution in [2.75, 3.05) is 11.5 Å². The molecule has 24 heavy (non-hydrogen) atoms. The summed E-state index contributed by atoms with van der Waals surface area (Å²) in [6.07, 6.45) is 2.84. The molecule has 5 nitrogen and oxygen atoms in total. The molecule has 2 aliphatic rings. The molecule has 1 unspecified atom stereocenters. The number of fused-ring (bicyclic) bond motifs is 1. The fourth-order valence-corrected chi connectivity index (χ4v) is 4.71. The summed E-state index contributed by atoms with van der Waals surface area (Å²) in [5, 5.41) is 3.46. The Hall–Kier alpha value is -1.69. The van der Waals surface area contributed by atoms with E-state index in [-0.39, 0.29) is 5.54 Å². The Kier molecular flexibility index (Phi) is 4.51. The predicted molar refractivity (Wildman–Crippen MR) is 99.1 cm³/mol. The molecular formula is C18H25N3O2S. The third-order valence-electron chi connectivity index (χ3n) is 4.50. The molecule has 130 valence electrons. The number of amidine groups is 1. The van der Waals surface area contributed by atoms with Crippen molar-refractivity contribution in [3.63, 3.8) is 0 Å². The number of anilines is 1. The summed E-state index contributed by atoms with van der Waals surface area (Å²) in [6.45, 7) is 5.55. The van der Waals surface area contributed by atoms with Crippen LogP contribution in [0.2, 0.25) is 0 Å². The van der Waals surface area contributed by atoms with Gasteiger partial charge < -0.3 is 10.5 Å². The van der Waals surface area contributed by atoms with Crippen molar-refractivity contribution in [3.8, 4) is 0 Å². The number of thioether (sulfide) groups is 1. The average Bonchev–Trinajstić information content (AvgIpc) is 2.89. The van der Waals surface area contributed by atoms with Crippen molar-refractivity contribution in [1.29, 1.82) is 0 Å². The van der Waals surface area contributed by atoms with Crippen LogP contribution in [0.15, 0.2) is 29.3 Å². The van der Waals surface area contributed by atoms with Gasteiger partial charge in [-0.1, -0.05) is 30.3 Å². The van der Waals surface area contributed by atoms with Gasteiger partial charge in [0.15, 0.2) is 5.17 Å². The lowest BCUT2D eigenvalue weighted by molar-refractivity contribution is 0.0564. The van der Waals surface area contributed by atoms with Gasteiger partial charge in [-0.25, -0.2) is 4.79 Å². The molecule has 1 saturated carbocycles. The first-order valence-corrected chi connectivity index (χ1v) is 9.36. The molecule has 1 heterocycles. The third-order valence-corrected chi connectivity index (χ3v) is 5.54. The first-order chi connectivity index (χ1) is 11.3. The number of aliphatic imine (C=N–C) groups is 1. The molecule has 1 fully saturated rings. The van der Waals surface area contributed by atoms with Gasteiger partial charge in [0.2, 0.25) is 0 Å². The van der Waals surface area contributed by atoms with Crippen molar-refractivity contribution in [3.05, 3.63) is 29.8 Å². The molecular weight excluding hydrogens is 322 g/mol. The predicted octanol–water partition coefficient (Wildman–Crippen LogP) is 3.89. The van der Waals surface area contributed by atoms with E-state index in [4.69, 9.17) is 15.5 Å². The molecule has 0 radical (unpaired) electrons. The van der Waals surface area contributed by atoms with E-state index in [0.717, 1.165) is 36.3 Å². The Morgan fingerprint density at radius 1 is 1.46 bits per heavy atom. The van der Waals surface area contributed by atoms with Gasteiger partial charge >= 0.3 is 6.09 Å². The molecule has 3 rings (SSSR count). The zero-order valence-electron chi connectivity index (χ0n) is 14.5. The Morgan fingerprint density at radius 2 is 2.25 bits per heavy atom. The second kappa shape index (κ2) is 6.31. The van der Waals surface area contributed by atoms with Crippen LogP contribution in [0.3, 0.4) is 0 Å². The van der Waals surface area contributed by atoms with Crippen molar-refractivity contribution in [2.24, 2.45) is 10.9 Å². The Morgan fingerprint density at radius 3 is 2.96 bits per heavy atom. The number of ether oxygens (including phenoxy) is 1. The van der Waals surface area contributed by atoms with Gasteiger partial charge in [-0.3, -0.25) is 10.3 Å². The monoisotopic (exact) mass is 347 g/mol. The van der Waals surface area contributed by atoms with E-state index in [1.165, 1.54) is 0 Å². The number of hydrogen-bond acceptors (Lipinski definition) is 5. The zero-order valence-corrected chi connectivity index (χ0v) is 15.3. The molecule has 1 amide bonds. The number of alkyl carbamates (subject to hydrolysis) is 1. The van der Waals surface area contributed by atoms with Crippen LogP contribution in [0, 0.1) is 5.92 Å². The minimum Gasteiger partial charge on any atom is -0.444 e. The van der Waals surface area contributed by atoms with Crippen LogP contribution in [0.5, 0.6) is 0 Å². The minimum atomic E-state index is -0.522. The molecule has 1 aliphatic heterocycles. The van der Waals surface area contributed by atoms with Gasteiger partial charge in [-0.2, -0.15) is 0 Å². The maximum Gasteiger partial charge on any atom is 0.413 e. The molecule has 0 saturated heterocycles. The van der Waals surface area contributed by atoms with E-state index in [0.29, 0.717) is 11.1 Å². The fraction of sp³-hybridized carbons (Fsp3) is 0.556. The van der Waals surface area contributed by atoms with Crippen LogP contribution in [0.25, 0.3) is 0 Å². The average molecular weight is 347 g/mol. The first kappa shape index (κ1) is 17.1. The number of carbonyl (C=O) groups is 1. The van der Waals surface area contributed by atoms with E-state index in [1.54, 1.807) is 11.8 Å². The van der Waals surface area contributed by atoms with Crippen LogP contribution in [0.1, 0.15) is 45.6 Å². The molecule has 1 aromatic rings.